The lowest BCUT2D eigenvalue weighted by Gasteiger charge is -2.39. The lowest BCUT2D eigenvalue weighted by atomic mass is 9.77. The summed E-state index contributed by atoms with van der Waals surface area (Å²) in [4.78, 5) is 30.4. The van der Waals surface area contributed by atoms with E-state index < -0.39 is 0 Å². The van der Waals surface area contributed by atoms with Crippen LogP contribution in [0.3, 0.4) is 0 Å². The summed E-state index contributed by atoms with van der Waals surface area (Å²) in [5.41, 5.74) is 2.46. The molecule has 0 radical (unpaired) electrons. The molecule has 7 heteroatoms. The standard InChI is InChI=1S/C28H29N3O4/c1-29-21-8-4-3-6-19(21)16-22(29)26(32)30-13-10-28(11-14-30)12-15-31(18-28)27(33)24-17-20-7-5-9-23(34-2)25(20)35-24/h3-9,16-17H,10-15,18H2,1-2H3. The number of hydrogen-bond acceptors (Lipinski definition) is 4. The number of methoxy groups -OCH3 is 1. The van der Waals surface area contributed by atoms with Crippen LogP contribution >= 0.6 is 0 Å². The van der Waals surface area contributed by atoms with Gasteiger partial charge in [-0.1, -0.05) is 30.3 Å². The number of aromatic nitrogens is 1. The van der Waals surface area contributed by atoms with E-state index in [1.54, 1.807) is 13.2 Å². The van der Waals surface area contributed by atoms with Crippen LogP contribution in [0.4, 0.5) is 0 Å². The van der Waals surface area contributed by atoms with E-state index in [4.69, 9.17) is 9.15 Å². The second kappa shape index (κ2) is 8.18. The molecule has 2 saturated heterocycles. The first kappa shape index (κ1) is 21.8. The molecule has 4 heterocycles. The summed E-state index contributed by atoms with van der Waals surface area (Å²) in [6, 6.07) is 17.5. The smallest absolute Gasteiger partial charge is 0.289 e. The monoisotopic (exact) mass is 471 g/mol. The third kappa shape index (κ3) is 3.57. The largest absolute Gasteiger partial charge is 0.493 e. The molecule has 0 atom stereocenters. The summed E-state index contributed by atoms with van der Waals surface area (Å²) >= 11 is 0. The molecule has 1 spiro atoms. The number of aryl methyl sites for hydroxylation is 1. The Morgan fingerprint density at radius 3 is 2.34 bits per heavy atom. The van der Waals surface area contributed by atoms with Gasteiger partial charge in [-0.05, 0) is 48.9 Å². The molecule has 6 rings (SSSR count). The number of para-hydroxylation sites is 2. The third-order valence-electron chi connectivity index (χ3n) is 7.95. The van der Waals surface area contributed by atoms with Crippen LogP contribution in [-0.4, -0.2) is 59.5 Å². The quantitative estimate of drug-likeness (QED) is 0.434. The van der Waals surface area contributed by atoms with E-state index in [0.717, 1.165) is 41.2 Å². The molecule has 2 amide bonds. The Kier molecular flexibility index (Phi) is 5.09. The molecule has 4 aromatic rings. The molecule has 35 heavy (non-hydrogen) atoms. The van der Waals surface area contributed by atoms with Crippen LogP contribution in [0.25, 0.3) is 21.9 Å². The zero-order valence-corrected chi connectivity index (χ0v) is 20.1. The van der Waals surface area contributed by atoms with Crippen LogP contribution in [0.5, 0.6) is 5.75 Å². The number of nitrogens with zero attached hydrogens (tertiary/aromatic N) is 3. The van der Waals surface area contributed by atoms with Crippen LogP contribution in [-0.2, 0) is 7.05 Å². The fourth-order valence-corrected chi connectivity index (χ4v) is 5.82. The number of amides is 2. The highest BCUT2D eigenvalue weighted by molar-refractivity contribution is 5.99. The molecule has 2 aromatic carbocycles. The number of fused-ring (bicyclic) bond motifs is 2. The lowest BCUT2D eigenvalue weighted by Crippen LogP contribution is -2.45. The van der Waals surface area contributed by atoms with Crippen molar-refractivity contribution >= 4 is 33.7 Å². The summed E-state index contributed by atoms with van der Waals surface area (Å²) in [5, 5.41) is 1.95. The first-order chi connectivity index (χ1) is 17.0. The topological polar surface area (TPSA) is 67.9 Å². The van der Waals surface area contributed by atoms with Crippen molar-refractivity contribution in [1.29, 1.82) is 0 Å². The van der Waals surface area contributed by atoms with Crippen LogP contribution in [0.1, 0.15) is 40.3 Å². The van der Waals surface area contributed by atoms with E-state index in [1.165, 1.54) is 0 Å². The minimum Gasteiger partial charge on any atom is -0.493 e. The Bertz CT molecular complexity index is 1440. The number of hydrogen-bond donors (Lipinski definition) is 0. The van der Waals surface area contributed by atoms with Crippen LogP contribution in [0.15, 0.2) is 59.0 Å². The maximum atomic E-state index is 13.3. The lowest BCUT2D eigenvalue weighted by molar-refractivity contribution is 0.0553. The number of ether oxygens (including phenoxy) is 1. The van der Waals surface area contributed by atoms with Gasteiger partial charge < -0.3 is 23.5 Å². The molecular weight excluding hydrogens is 442 g/mol. The van der Waals surface area contributed by atoms with Gasteiger partial charge in [-0.25, -0.2) is 0 Å². The molecule has 2 fully saturated rings. The van der Waals surface area contributed by atoms with E-state index >= 15 is 0 Å². The number of carbonyl (C=O) groups is 2. The Morgan fingerprint density at radius 1 is 0.886 bits per heavy atom. The predicted molar refractivity (Wildman–Crippen MR) is 134 cm³/mol. The first-order valence-corrected chi connectivity index (χ1v) is 12.2. The molecule has 2 aliphatic heterocycles. The minimum absolute atomic E-state index is 0.0646. The number of carbonyl (C=O) groups excluding carboxylic acids is 2. The molecule has 2 aromatic heterocycles. The fourth-order valence-electron chi connectivity index (χ4n) is 5.82. The number of benzene rings is 2. The van der Waals surface area contributed by atoms with Crippen molar-refractivity contribution in [2.24, 2.45) is 12.5 Å². The molecule has 7 nitrogen and oxygen atoms in total. The van der Waals surface area contributed by atoms with Gasteiger partial charge in [0.15, 0.2) is 17.1 Å². The summed E-state index contributed by atoms with van der Waals surface area (Å²) in [6.45, 7) is 2.84. The van der Waals surface area contributed by atoms with Crippen molar-refractivity contribution in [3.63, 3.8) is 0 Å². The molecule has 2 aliphatic rings. The maximum absolute atomic E-state index is 13.3. The molecule has 0 bridgehead atoms. The van der Waals surface area contributed by atoms with Gasteiger partial charge in [-0.3, -0.25) is 9.59 Å². The Morgan fingerprint density at radius 2 is 1.60 bits per heavy atom. The van der Waals surface area contributed by atoms with Gasteiger partial charge in [0.1, 0.15) is 5.69 Å². The maximum Gasteiger partial charge on any atom is 0.289 e. The van der Waals surface area contributed by atoms with Gasteiger partial charge in [0.2, 0.25) is 0 Å². The fraction of sp³-hybridized carbons (Fsp3) is 0.357. The van der Waals surface area contributed by atoms with E-state index in [1.807, 2.05) is 69.9 Å². The second-order valence-electron chi connectivity index (χ2n) is 9.91. The number of piperidine rings is 1. The van der Waals surface area contributed by atoms with Gasteiger partial charge in [-0.15, -0.1) is 0 Å². The normalized spacial score (nSPS) is 17.5. The third-order valence-corrected chi connectivity index (χ3v) is 7.95. The zero-order valence-electron chi connectivity index (χ0n) is 20.1. The minimum atomic E-state index is -0.0749. The Hall–Kier alpha value is -3.74. The van der Waals surface area contributed by atoms with Crippen LogP contribution in [0, 0.1) is 5.41 Å². The molecule has 0 aliphatic carbocycles. The van der Waals surface area contributed by atoms with E-state index in [0.29, 0.717) is 43.3 Å². The summed E-state index contributed by atoms with van der Waals surface area (Å²) < 4.78 is 13.3. The average molecular weight is 472 g/mol. The van der Waals surface area contributed by atoms with Crippen molar-refractivity contribution in [2.75, 3.05) is 33.3 Å². The number of furan rings is 1. The van der Waals surface area contributed by atoms with E-state index in [-0.39, 0.29) is 17.2 Å². The SMILES string of the molecule is COc1cccc2cc(C(=O)N3CCC4(CCN(C(=O)c5cc6ccccc6n5C)CC4)C3)oc12. The van der Waals surface area contributed by atoms with Crippen molar-refractivity contribution in [3.05, 3.63) is 66.1 Å². The summed E-state index contributed by atoms with van der Waals surface area (Å²) in [6.07, 6.45) is 2.76. The number of rotatable bonds is 3. The summed E-state index contributed by atoms with van der Waals surface area (Å²) in [5.74, 6) is 0.988. The molecule has 0 N–H and O–H groups in total. The number of likely N-dealkylation sites (tertiary alicyclic amines) is 2. The van der Waals surface area contributed by atoms with E-state index in [9.17, 15) is 9.59 Å². The van der Waals surface area contributed by atoms with Crippen molar-refractivity contribution in [2.45, 2.75) is 19.3 Å². The predicted octanol–water partition coefficient (Wildman–Crippen LogP) is 4.70. The first-order valence-electron chi connectivity index (χ1n) is 12.2. The highest BCUT2D eigenvalue weighted by Crippen LogP contribution is 2.41. The highest BCUT2D eigenvalue weighted by Gasteiger charge is 2.43. The molecular formula is C28H29N3O4. The van der Waals surface area contributed by atoms with Gasteiger partial charge in [0.25, 0.3) is 11.8 Å². The van der Waals surface area contributed by atoms with Crippen LogP contribution < -0.4 is 4.74 Å². The van der Waals surface area contributed by atoms with Crippen molar-refractivity contribution in [3.8, 4) is 5.75 Å². The van der Waals surface area contributed by atoms with Gasteiger partial charge in [0.05, 0.1) is 7.11 Å². The second-order valence-corrected chi connectivity index (χ2v) is 9.91. The highest BCUT2D eigenvalue weighted by atomic mass is 16.5. The van der Waals surface area contributed by atoms with Crippen molar-refractivity contribution in [1.82, 2.24) is 14.4 Å². The van der Waals surface area contributed by atoms with Gasteiger partial charge >= 0.3 is 0 Å². The molecule has 180 valence electrons. The molecule has 0 unspecified atom stereocenters. The molecule has 0 saturated carbocycles. The zero-order chi connectivity index (χ0) is 24.2. The van der Waals surface area contributed by atoms with Crippen molar-refractivity contribution < 1.29 is 18.7 Å². The van der Waals surface area contributed by atoms with Gasteiger partial charge in [-0.2, -0.15) is 0 Å². The van der Waals surface area contributed by atoms with Crippen LogP contribution in [0.2, 0.25) is 0 Å². The summed E-state index contributed by atoms with van der Waals surface area (Å²) in [7, 11) is 3.55. The van der Waals surface area contributed by atoms with E-state index in [2.05, 4.69) is 0 Å². The average Bonchev–Trinajstić information content (AvgIpc) is 3.59. The Labute approximate surface area is 203 Å². The Balaban J connectivity index is 1.13. The van der Waals surface area contributed by atoms with Gasteiger partial charge in [0, 0.05) is 49.5 Å².